The van der Waals surface area contributed by atoms with Gasteiger partial charge < -0.3 is 5.32 Å². The largest absolute Gasteiger partial charge is 0.352 e. The number of carbonyl (C=O) groups excluding carboxylic acids is 3. The SMILES string of the molecule is Cc1cc(-c2ncc(F)cc2F)cc(C)c1C1C(=O)CC(CC(=O)NCc2cccc(Br)c2)C1=O. The quantitative estimate of drug-likeness (QED) is 0.427. The van der Waals surface area contributed by atoms with Gasteiger partial charge in [0.25, 0.3) is 0 Å². The molecule has 2 unspecified atom stereocenters. The highest BCUT2D eigenvalue weighted by Gasteiger charge is 2.43. The van der Waals surface area contributed by atoms with Crippen molar-refractivity contribution in [3.05, 3.63) is 87.0 Å². The van der Waals surface area contributed by atoms with Gasteiger partial charge >= 0.3 is 0 Å². The number of nitrogens with zero attached hydrogens (tertiary/aromatic N) is 1. The topological polar surface area (TPSA) is 76.1 Å². The van der Waals surface area contributed by atoms with Crippen LogP contribution in [-0.4, -0.2) is 22.5 Å². The summed E-state index contributed by atoms with van der Waals surface area (Å²) in [6.45, 7) is 3.81. The van der Waals surface area contributed by atoms with Crippen molar-refractivity contribution < 1.29 is 23.2 Å². The lowest BCUT2D eigenvalue weighted by Gasteiger charge is -2.17. The van der Waals surface area contributed by atoms with Crippen molar-refractivity contribution in [2.45, 2.75) is 39.2 Å². The van der Waals surface area contributed by atoms with Crippen LogP contribution in [0, 0.1) is 31.4 Å². The van der Waals surface area contributed by atoms with Gasteiger partial charge in [-0.25, -0.2) is 8.78 Å². The molecule has 1 aliphatic rings. The van der Waals surface area contributed by atoms with Gasteiger partial charge in [-0.15, -0.1) is 0 Å². The zero-order valence-electron chi connectivity index (χ0n) is 19.2. The molecule has 5 nitrogen and oxygen atoms in total. The molecule has 2 atom stereocenters. The zero-order valence-corrected chi connectivity index (χ0v) is 20.8. The Balaban J connectivity index is 1.50. The Labute approximate surface area is 210 Å². The average molecular weight is 541 g/mol. The number of rotatable bonds is 6. The van der Waals surface area contributed by atoms with Crippen molar-refractivity contribution in [1.29, 1.82) is 0 Å². The maximum atomic E-state index is 14.2. The second-order valence-corrected chi connectivity index (χ2v) is 9.74. The first-order chi connectivity index (χ1) is 16.6. The Morgan fingerprint density at radius 2 is 1.83 bits per heavy atom. The second-order valence-electron chi connectivity index (χ2n) is 8.82. The number of hydrogen-bond acceptors (Lipinski definition) is 4. The molecule has 0 spiro atoms. The van der Waals surface area contributed by atoms with Crippen molar-refractivity contribution in [3.8, 4) is 11.3 Å². The van der Waals surface area contributed by atoms with E-state index in [0.29, 0.717) is 28.8 Å². The highest BCUT2D eigenvalue weighted by molar-refractivity contribution is 9.10. The van der Waals surface area contributed by atoms with Gasteiger partial charge in [0, 0.05) is 41.4 Å². The summed E-state index contributed by atoms with van der Waals surface area (Å²) >= 11 is 3.39. The molecule has 0 radical (unpaired) electrons. The van der Waals surface area contributed by atoms with E-state index in [1.807, 2.05) is 24.3 Å². The van der Waals surface area contributed by atoms with Crippen molar-refractivity contribution in [2.75, 3.05) is 0 Å². The molecule has 0 bridgehead atoms. The maximum Gasteiger partial charge on any atom is 0.221 e. The maximum absolute atomic E-state index is 14.2. The lowest BCUT2D eigenvalue weighted by molar-refractivity contribution is -0.128. The molecule has 0 aliphatic heterocycles. The summed E-state index contributed by atoms with van der Waals surface area (Å²) in [5.74, 6) is -4.02. The van der Waals surface area contributed by atoms with Gasteiger partial charge in [0.2, 0.25) is 5.91 Å². The first kappa shape index (κ1) is 24.9. The minimum Gasteiger partial charge on any atom is -0.352 e. The predicted molar refractivity (Wildman–Crippen MR) is 131 cm³/mol. The fourth-order valence-electron chi connectivity index (χ4n) is 4.67. The fraction of sp³-hybridized carbons (Fsp3) is 0.259. The number of amides is 1. The van der Waals surface area contributed by atoms with E-state index in [4.69, 9.17) is 0 Å². The van der Waals surface area contributed by atoms with Crippen LogP contribution in [0.25, 0.3) is 11.3 Å². The Bertz CT molecular complexity index is 1320. The van der Waals surface area contributed by atoms with Gasteiger partial charge in [0.15, 0.2) is 11.6 Å². The van der Waals surface area contributed by atoms with Gasteiger partial charge in [-0.05, 0) is 60.4 Å². The normalized spacial score (nSPS) is 17.6. The van der Waals surface area contributed by atoms with E-state index in [9.17, 15) is 23.2 Å². The highest BCUT2D eigenvalue weighted by atomic mass is 79.9. The third kappa shape index (κ3) is 5.37. The Morgan fingerprint density at radius 1 is 1.11 bits per heavy atom. The first-order valence-corrected chi connectivity index (χ1v) is 11.9. The van der Waals surface area contributed by atoms with Gasteiger partial charge in [0.1, 0.15) is 23.2 Å². The lowest BCUT2D eigenvalue weighted by Crippen LogP contribution is -2.27. The minimum atomic E-state index is -0.960. The number of halogens is 3. The fourth-order valence-corrected chi connectivity index (χ4v) is 5.12. The molecule has 1 aromatic heterocycles. The number of hydrogen-bond donors (Lipinski definition) is 1. The first-order valence-electron chi connectivity index (χ1n) is 11.1. The van der Waals surface area contributed by atoms with E-state index in [1.54, 1.807) is 26.0 Å². The van der Waals surface area contributed by atoms with E-state index in [1.165, 1.54) is 0 Å². The summed E-state index contributed by atoms with van der Waals surface area (Å²) in [7, 11) is 0. The van der Waals surface area contributed by atoms with E-state index in [0.717, 1.165) is 22.3 Å². The molecule has 1 amide bonds. The molecule has 8 heteroatoms. The number of benzene rings is 2. The third-order valence-corrected chi connectivity index (χ3v) is 6.72. The molecule has 1 aliphatic carbocycles. The number of pyridine rings is 1. The van der Waals surface area contributed by atoms with Crippen molar-refractivity contribution in [2.24, 2.45) is 5.92 Å². The average Bonchev–Trinajstić information content (AvgIpc) is 3.05. The van der Waals surface area contributed by atoms with Crippen LogP contribution in [0.15, 0.2) is 53.1 Å². The van der Waals surface area contributed by atoms with Gasteiger partial charge in [-0.1, -0.05) is 28.1 Å². The van der Waals surface area contributed by atoms with E-state index < -0.39 is 23.5 Å². The van der Waals surface area contributed by atoms with E-state index in [2.05, 4.69) is 26.2 Å². The van der Waals surface area contributed by atoms with Crippen molar-refractivity contribution in [1.82, 2.24) is 10.3 Å². The van der Waals surface area contributed by atoms with Crippen LogP contribution in [0.1, 0.15) is 41.0 Å². The number of carbonyl (C=O) groups is 3. The van der Waals surface area contributed by atoms with Gasteiger partial charge in [0.05, 0.1) is 6.20 Å². The summed E-state index contributed by atoms with van der Waals surface area (Å²) in [5.41, 5.74) is 3.19. The van der Waals surface area contributed by atoms with E-state index in [-0.39, 0.29) is 36.0 Å². The van der Waals surface area contributed by atoms with E-state index >= 15 is 0 Å². The van der Waals surface area contributed by atoms with Crippen LogP contribution in [0.4, 0.5) is 8.78 Å². The van der Waals surface area contributed by atoms with Crippen LogP contribution in [0.2, 0.25) is 0 Å². The molecule has 0 saturated heterocycles. The number of ketones is 2. The standard InChI is InChI=1S/C27H23BrF2N2O3/c1-14-6-17(26-21(30)11-20(29)13-32-26)7-15(2)24(14)25-22(33)9-18(27(25)35)10-23(34)31-12-16-4-3-5-19(28)8-16/h3-8,11,13,18,25H,9-10,12H2,1-2H3,(H,31,34). The highest BCUT2D eigenvalue weighted by Crippen LogP contribution is 2.38. The number of Topliss-reactive ketones (excluding diaryl/α,β-unsaturated/α-hetero) is 2. The Hall–Kier alpha value is -3.26. The predicted octanol–water partition coefficient (Wildman–Crippen LogP) is 5.35. The van der Waals surface area contributed by atoms with Gasteiger partial charge in [-0.2, -0.15) is 0 Å². The molecule has 35 heavy (non-hydrogen) atoms. The monoisotopic (exact) mass is 540 g/mol. The number of aryl methyl sites for hydroxylation is 2. The second kappa shape index (κ2) is 10.2. The summed E-state index contributed by atoms with van der Waals surface area (Å²) < 4.78 is 28.4. The van der Waals surface area contributed by atoms with Crippen LogP contribution in [0.3, 0.4) is 0 Å². The zero-order chi connectivity index (χ0) is 25.3. The summed E-state index contributed by atoms with van der Waals surface area (Å²) in [4.78, 5) is 42.4. The number of nitrogens with one attached hydrogen (secondary N) is 1. The molecule has 2 aromatic carbocycles. The Kier molecular flexibility index (Phi) is 7.21. The molecule has 180 valence electrons. The molecule has 1 fully saturated rings. The smallest absolute Gasteiger partial charge is 0.221 e. The van der Waals surface area contributed by atoms with Crippen molar-refractivity contribution in [3.63, 3.8) is 0 Å². The van der Waals surface area contributed by atoms with Crippen LogP contribution in [-0.2, 0) is 20.9 Å². The van der Waals surface area contributed by atoms with Crippen LogP contribution in [0.5, 0.6) is 0 Å². The minimum absolute atomic E-state index is 0.00256. The summed E-state index contributed by atoms with van der Waals surface area (Å²) in [6, 6.07) is 11.6. The molecule has 3 aromatic rings. The Morgan fingerprint density at radius 3 is 2.49 bits per heavy atom. The molecule has 1 heterocycles. The van der Waals surface area contributed by atoms with Crippen LogP contribution >= 0.6 is 15.9 Å². The molecule has 1 saturated carbocycles. The number of aromatic nitrogens is 1. The summed E-state index contributed by atoms with van der Waals surface area (Å²) in [6.07, 6.45) is 0.881. The molecule has 1 N–H and O–H groups in total. The molecule has 4 rings (SSSR count). The summed E-state index contributed by atoms with van der Waals surface area (Å²) in [5, 5.41) is 2.81. The molecular formula is C27H23BrF2N2O3. The van der Waals surface area contributed by atoms with Crippen molar-refractivity contribution >= 4 is 33.4 Å². The lowest BCUT2D eigenvalue weighted by atomic mass is 9.85. The van der Waals surface area contributed by atoms with Crippen LogP contribution < -0.4 is 5.32 Å². The molecular weight excluding hydrogens is 518 g/mol. The van der Waals surface area contributed by atoms with Gasteiger partial charge in [-0.3, -0.25) is 19.4 Å². The third-order valence-electron chi connectivity index (χ3n) is 6.23.